The van der Waals surface area contributed by atoms with E-state index in [1.54, 1.807) is 0 Å². The lowest BCUT2D eigenvalue weighted by Gasteiger charge is -2.36. The van der Waals surface area contributed by atoms with Crippen LogP contribution in [0.25, 0.3) is 0 Å². The highest BCUT2D eigenvalue weighted by Crippen LogP contribution is 2.37. The highest BCUT2D eigenvalue weighted by atomic mass is 32.2. The Bertz CT molecular complexity index is 532. The molecule has 4 nitrogen and oxygen atoms in total. The number of rotatable bonds is 4. The van der Waals surface area contributed by atoms with Crippen LogP contribution >= 0.6 is 11.8 Å². The zero-order valence-corrected chi connectivity index (χ0v) is 11.4. The van der Waals surface area contributed by atoms with Gasteiger partial charge in [-0.3, -0.25) is 0 Å². The van der Waals surface area contributed by atoms with Crippen molar-refractivity contribution in [2.75, 3.05) is 13.1 Å². The third kappa shape index (κ3) is 4.50. The van der Waals surface area contributed by atoms with Crippen LogP contribution in [0.4, 0.5) is 22.4 Å². The molecule has 0 saturated carbocycles. The fraction of sp³-hybridized carbons (Fsp3) is 0.417. The first kappa shape index (κ1) is 15.9. The second kappa shape index (κ2) is 6.10. The summed E-state index contributed by atoms with van der Waals surface area (Å²) in [6.45, 7) is 0.304. The molecule has 0 bridgehead atoms. The third-order valence-electron chi connectivity index (χ3n) is 2.85. The predicted molar refractivity (Wildman–Crippen MR) is 66.5 cm³/mol. The predicted octanol–water partition coefficient (Wildman–Crippen LogP) is 3.32. The third-order valence-corrected chi connectivity index (χ3v) is 3.57. The van der Waals surface area contributed by atoms with Crippen molar-refractivity contribution in [3.05, 3.63) is 29.6 Å². The Kier molecular flexibility index (Phi) is 4.62. The molecule has 0 radical (unpaired) electrons. The van der Waals surface area contributed by atoms with Gasteiger partial charge in [-0.2, -0.15) is 13.2 Å². The zero-order valence-electron chi connectivity index (χ0n) is 10.6. The fourth-order valence-electron chi connectivity index (χ4n) is 1.75. The number of carbonyl (C=O) groups is 1. The minimum Gasteiger partial charge on any atom is -0.465 e. The Morgan fingerprint density at radius 3 is 2.62 bits per heavy atom. The normalized spacial score (nSPS) is 15.9. The zero-order chi connectivity index (χ0) is 15.6. The standard InChI is InChI=1S/C12H11F4NO3S/c13-10-3-9(21-12(14,15)16)2-1-7(10)6-20-8-4-17(5-8)11(18)19/h1-3,8H,4-6H2,(H,18,19). The Hall–Kier alpha value is -1.48. The maximum absolute atomic E-state index is 13.6. The molecule has 1 N–H and O–H groups in total. The molecule has 2 rings (SSSR count). The summed E-state index contributed by atoms with van der Waals surface area (Å²) in [5, 5.41) is 8.62. The number of hydrogen-bond acceptors (Lipinski definition) is 3. The summed E-state index contributed by atoms with van der Waals surface area (Å²) in [5.74, 6) is -0.779. The van der Waals surface area contributed by atoms with Gasteiger partial charge < -0.3 is 14.7 Å². The average molecular weight is 325 g/mol. The molecule has 0 unspecified atom stereocenters. The number of alkyl halides is 3. The van der Waals surface area contributed by atoms with E-state index in [2.05, 4.69) is 0 Å². The number of amides is 1. The van der Waals surface area contributed by atoms with Crippen LogP contribution in [-0.4, -0.2) is 40.8 Å². The summed E-state index contributed by atoms with van der Waals surface area (Å²) in [5.41, 5.74) is -4.33. The molecule has 21 heavy (non-hydrogen) atoms. The van der Waals surface area contributed by atoms with Crippen molar-refractivity contribution in [2.24, 2.45) is 0 Å². The quantitative estimate of drug-likeness (QED) is 0.681. The molecule has 0 spiro atoms. The van der Waals surface area contributed by atoms with Crippen molar-refractivity contribution in [3.63, 3.8) is 0 Å². The summed E-state index contributed by atoms with van der Waals surface area (Å²) >= 11 is -0.386. The maximum atomic E-state index is 13.6. The van der Waals surface area contributed by atoms with Gasteiger partial charge in [-0.1, -0.05) is 6.07 Å². The van der Waals surface area contributed by atoms with Crippen molar-refractivity contribution >= 4 is 17.9 Å². The fourth-order valence-corrected chi connectivity index (χ4v) is 2.32. The Morgan fingerprint density at radius 1 is 1.43 bits per heavy atom. The number of hydrogen-bond donors (Lipinski definition) is 1. The van der Waals surface area contributed by atoms with Crippen LogP contribution in [0.2, 0.25) is 0 Å². The van der Waals surface area contributed by atoms with E-state index in [0.717, 1.165) is 11.0 Å². The molecule has 0 atom stereocenters. The molecule has 1 heterocycles. The van der Waals surface area contributed by atoms with Crippen LogP contribution in [0.15, 0.2) is 23.1 Å². The van der Waals surface area contributed by atoms with Crippen molar-refractivity contribution in [2.45, 2.75) is 23.1 Å². The molecule has 1 aliphatic heterocycles. The van der Waals surface area contributed by atoms with E-state index in [1.165, 1.54) is 12.1 Å². The number of benzene rings is 1. The SMILES string of the molecule is O=C(O)N1CC(OCc2ccc(SC(F)(F)F)cc2F)C1. The number of halogens is 4. The summed E-state index contributed by atoms with van der Waals surface area (Å²) in [7, 11) is 0. The van der Waals surface area contributed by atoms with Crippen molar-refractivity contribution in [1.29, 1.82) is 0 Å². The molecular weight excluding hydrogens is 314 g/mol. The number of thioether (sulfide) groups is 1. The molecular formula is C12H11F4NO3S. The highest BCUT2D eigenvalue weighted by molar-refractivity contribution is 8.00. The average Bonchev–Trinajstić information content (AvgIpc) is 2.26. The van der Waals surface area contributed by atoms with Crippen LogP contribution in [0.5, 0.6) is 0 Å². The van der Waals surface area contributed by atoms with Crippen LogP contribution in [0, 0.1) is 5.82 Å². The van der Waals surface area contributed by atoms with Crippen molar-refractivity contribution in [3.8, 4) is 0 Å². The van der Waals surface area contributed by atoms with Gasteiger partial charge in [0.2, 0.25) is 0 Å². The summed E-state index contributed by atoms with van der Waals surface area (Å²) in [6, 6.07) is 3.21. The monoisotopic (exact) mass is 325 g/mol. The topological polar surface area (TPSA) is 49.8 Å². The lowest BCUT2D eigenvalue weighted by Crippen LogP contribution is -2.54. The minimum atomic E-state index is -4.46. The molecule has 0 aromatic heterocycles. The van der Waals surface area contributed by atoms with E-state index in [1.807, 2.05) is 0 Å². The first-order valence-electron chi connectivity index (χ1n) is 5.88. The number of nitrogens with zero attached hydrogens (tertiary/aromatic N) is 1. The Morgan fingerprint density at radius 2 is 2.10 bits per heavy atom. The van der Waals surface area contributed by atoms with E-state index in [9.17, 15) is 22.4 Å². The number of carboxylic acid groups (broad SMARTS) is 1. The molecule has 1 amide bonds. The maximum Gasteiger partial charge on any atom is 0.446 e. The molecule has 1 aromatic carbocycles. The van der Waals surface area contributed by atoms with Crippen molar-refractivity contribution < 1.29 is 32.2 Å². The molecule has 0 aliphatic carbocycles. The van der Waals surface area contributed by atoms with E-state index in [-0.39, 0.29) is 48.0 Å². The van der Waals surface area contributed by atoms with Crippen LogP contribution in [-0.2, 0) is 11.3 Å². The van der Waals surface area contributed by atoms with Crippen LogP contribution in [0.3, 0.4) is 0 Å². The molecule has 116 valence electrons. The van der Waals surface area contributed by atoms with Gasteiger partial charge in [-0.05, 0) is 23.9 Å². The van der Waals surface area contributed by atoms with Crippen LogP contribution < -0.4 is 0 Å². The summed E-state index contributed by atoms with van der Waals surface area (Å²) < 4.78 is 55.4. The van der Waals surface area contributed by atoms with Gasteiger partial charge >= 0.3 is 11.6 Å². The number of ether oxygens (including phenoxy) is 1. The molecule has 1 aromatic rings. The first-order chi connectivity index (χ1) is 9.74. The first-order valence-corrected chi connectivity index (χ1v) is 6.70. The van der Waals surface area contributed by atoms with E-state index < -0.39 is 17.4 Å². The van der Waals surface area contributed by atoms with Gasteiger partial charge in [-0.15, -0.1) is 0 Å². The van der Waals surface area contributed by atoms with E-state index in [0.29, 0.717) is 0 Å². The second-order valence-electron chi connectivity index (χ2n) is 4.42. The van der Waals surface area contributed by atoms with Gasteiger partial charge in [0.1, 0.15) is 5.82 Å². The summed E-state index contributed by atoms with van der Waals surface area (Å²) in [4.78, 5) is 11.4. The molecule has 1 fully saturated rings. The summed E-state index contributed by atoms with van der Waals surface area (Å²) in [6.07, 6.45) is -1.36. The number of likely N-dealkylation sites (tertiary alicyclic amines) is 1. The molecule has 1 saturated heterocycles. The lowest BCUT2D eigenvalue weighted by atomic mass is 10.2. The van der Waals surface area contributed by atoms with Gasteiger partial charge in [0, 0.05) is 10.5 Å². The van der Waals surface area contributed by atoms with E-state index in [4.69, 9.17) is 9.84 Å². The van der Waals surface area contributed by atoms with Gasteiger partial charge in [0.15, 0.2) is 0 Å². The van der Waals surface area contributed by atoms with Gasteiger partial charge in [0.05, 0.1) is 25.8 Å². The lowest BCUT2D eigenvalue weighted by molar-refractivity contribution is -0.0530. The van der Waals surface area contributed by atoms with Gasteiger partial charge in [-0.25, -0.2) is 9.18 Å². The Labute approximate surface area is 121 Å². The van der Waals surface area contributed by atoms with E-state index >= 15 is 0 Å². The van der Waals surface area contributed by atoms with Crippen molar-refractivity contribution in [1.82, 2.24) is 4.90 Å². The van der Waals surface area contributed by atoms with Crippen LogP contribution in [0.1, 0.15) is 5.56 Å². The largest absolute Gasteiger partial charge is 0.465 e. The van der Waals surface area contributed by atoms with Gasteiger partial charge in [0.25, 0.3) is 0 Å². The highest BCUT2D eigenvalue weighted by Gasteiger charge is 2.31. The smallest absolute Gasteiger partial charge is 0.446 e. The molecule has 9 heteroatoms. The Balaban J connectivity index is 1.86. The second-order valence-corrected chi connectivity index (χ2v) is 5.56. The minimum absolute atomic E-state index is 0.110. The molecule has 1 aliphatic rings.